The van der Waals surface area contributed by atoms with Gasteiger partial charge in [0.1, 0.15) is 11.3 Å². The minimum Gasteiger partial charge on any atom is -0.491 e. The lowest BCUT2D eigenvalue weighted by Crippen LogP contribution is -2.13. The zero-order valence-electron chi connectivity index (χ0n) is 13.6. The summed E-state index contributed by atoms with van der Waals surface area (Å²) in [6.07, 6.45) is 0.0598. The van der Waals surface area contributed by atoms with Crippen LogP contribution in [0.25, 0.3) is 11.1 Å². The lowest BCUT2D eigenvalue weighted by Gasteiger charge is -2.11. The molecule has 0 spiro atoms. The Hall–Kier alpha value is -2.54. The van der Waals surface area contributed by atoms with Crippen LogP contribution in [0.3, 0.4) is 0 Å². The molecule has 0 bridgehead atoms. The minimum atomic E-state index is -3.71. The van der Waals surface area contributed by atoms with Crippen molar-refractivity contribution < 1.29 is 17.6 Å². The van der Waals surface area contributed by atoms with E-state index in [0.29, 0.717) is 28.4 Å². The summed E-state index contributed by atoms with van der Waals surface area (Å²) < 4.78 is 38.5. The van der Waals surface area contributed by atoms with Crippen molar-refractivity contribution >= 4 is 26.8 Å². The van der Waals surface area contributed by atoms with E-state index >= 15 is 0 Å². The van der Waals surface area contributed by atoms with Crippen LogP contribution in [0.15, 0.2) is 51.8 Å². The number of aryl methyl sites for hydroxylation is 1. The van der Waals surface area contributed by atoms with E-state index in [0.717, 1.165) is 0 Å². The topological polar surface area (TPSA) is 81.4 Å². The van der Waals surface area contributed by atoms with Gasteiger partial charge in [0.15, 0.2) is 11.5 Å². The number of rotatable bonds is 5. The molecule has 0 fully saturated rings. The number of nitrogens with zero attached hydrogens (tertiary/aromatic N) is 1. The molecule has 0 radical (unpaired) electrons. The number of anilines is 1. The first kappa shape index (κ1) is 16.3. The zero-order valence-corrected chi connectivity index (χ0v) is 14.4. The molecule has 0 aliphatic heterocycles. The van der Waals surface area contributed by atoms with E-state index in [9.17, 15) is 8.42 Å². The second kappa shape index (κ2) is 6.16. The third-order valence-electron chi connectivity index (χ3n) is 3.26. The van der Waals surface area contributed by atoms with Crippen molar-refractivity contribution in [2.24, 2.45) is 0 Å². The van der Waals surface area contributed by atoms with E-state index in [1.165, 1.54) is 12.1 Å². The van der Waals surface area contributed by atoms with Gasteiger partial charge >= 0.3 is 0 Å². The molecule has 0 saturated heterocycles. The maximum Gasteiger partial charge on any atom is 0.262 e. The number of hydrogen-bond donors (Lipinski definition) is 1. The third kappa shape index (κ3) is 3.51. The van der Waals surface area contributed by atoms with E-state index in [1.54, 1.807) is 37.3 Å². The summed E-state index contributed by atoms with van der Waals surface area (Å²) in [4.78, 5) is 4.28. The van der Waals surface area contributed by atoms with Gasteiger partial charge in [-0.05, 0) is 50.2 Å². The summed E-state index contributed by atoms with van der Waals surface area (Å²) in [6, 6.07) is 11.4. The molecule has 7 heteroatoms. The number of aromatic nitrogens is 1. The van der Waals surface area contributed by atoms with Crippen LogP contribution >= 0.6 is 0 Å². The quantitative estimate of drug-likeness (QED) is 0.761. The van der Waals surface area contributed by atoms with E-state index in [-0.39, 0.29) is 11.0 Å². The number of hydrogen-bond acceptors (Lipinski definition) is 5. The molecule has 1 N–H and O–H groups in total. The normalized spacial score (nSPS) is 11.8. The maximum absolute atomic E-state index is 12.5. The third-order valence-corrected chi connectivity index (χ3v) is 4.63. The second-order valence-electron chi connectivity index (χ2n) is 5.66. The fourth-order valence-corrected chi connectivity index (χ4v) is 3.35. The maximum atomic E-state index is 12.5. The van der Waals surface area contributed by atoms with Crippen LogP contribution in [-0.2, 0) is 10.0 Å². The van der Waals surface area contributed by atoms with Gasteiger partial charge in [0.05, 0.1) is 11.0 Å². The van der Waals surface area contributed by atoms with Gasteiger partial charge in [-0.25, -0.2) is 13.4 Å². The van der Waals surface area contributed by atoms with Crippen LogP contribution in [0.2, 0.25) is 0 Å². The van der Waals surface area contributed by atoms with Gasteiger partial charge in [-0.2, -0.15) is 0 Å². The van der Waals surface area contributed by atoms with Crippen LogP contribution in [0.1, 0.15) is 19.7 Å². The van der Waals surface area contributed by atoms with Crippen molar-refractivity contribution in [2.75, 3.05) is 4.72 Å². The summed E-state index contributed by atoms with van der Waals surface area (Å²) in [5.41, 5.74) is 1.53. The van der Waals surface area contributed by atoms with Crippen molar-refractivity contribution in [1.29, 1.82) is 0 Å². The number of oxazole rings is 1. The molecule has 1 aromatic heterocycles. The van der Waals surface area contributed by atoms with Gasteiger partial charge in [0.2, 0.25) is 0 Å². The Morgan fingerprint density at radius 1 is 1.12 bits per heavy atom. The highest BCUT2D eigenvalue weighted by Gasteiger charge is 2.16. The van der Waals surface area contributed by atoms with Crippen molar-refractivity contribution in [3.8, 4) is 5.75 Å². The van der Waals surface area contributed by atoms with Gasteiger partial charge in [-0.3, -0.25) is 4.72 Å². The highest BCUT2D eigenvalue weighted by molar-refractivity contribution is 7.92. The standard InChI is InChI=1S/C17H18N2O4S/c1-11(2)22-14-6-4-13(5-7-14)19-24(20,21)15-8-9-16-17(10-15)23-12(3)18-16/h4-11,19H,1-3H3. The molecule has 0 amide bonds. The molecule has 3 aromatic rings. The van der Waals surface area contributed by atoms with E-state index in [4.69, 9.17) is 9.15 Å². The molecule has 0 saturated carbocycles. The summed E-state index contributed by atoms with van der Waals surface area (Å²) in [5, 5.41) is 0. The fraction of sp³-hybridized carbons (Fsp3) is 0.235. The van der Waals surface area contributed by atoms with Crippen LogP contribution < -0.4 is 9.46 Å². The molecule has 0 aliphatic carbocycles. The van der Waals surface area contributed by atoms with Crippen LogP contribution in [0, 0.1) is 6.92 Å². The number of sulfonamides is 1. The van der Waals surface area contributed by atoms with Crippen LogP contribution in [-0.4, -0.2) is 19.5 Å². The predicted octanol–water partition coefficient (Wildman–Crippen LogP) is 3.72. The van der Waals surface area contributed by atoms with E-state index in [2.05, 4.69) is 9.71 Å². The van der Waals surface area contributed by atoms with Crippen molar-refractivity contribution in [2.45, 2.75) is 31.8 Å². The molecular formula is C17H18N2O4S. The Morgan fingerprint density at radius 3 is 2.50 bits per heavy atom. The summed E-state index contributed by atoms with van der Waals surface area (Å²) >= 11 is 0. The van der Waals surface area contributed by atoms with Crippen LogP contribution in [0.4, 0.5) is 5.69 Å². The Kier molecular flexibility index (Phi) is 4.19. The molecule has 0 atom stereocenters. The highest BCUT2D eigenvalue weighted by atomic mass is 32.2. The SMILES string of the molecule is Cc1nc2ccc(S(=O)(=O)Nc3ccc(OC(C)C)cc3)cc2o1. The molecule has 6 nitrogen and oxygen atoms in total. The monoisotopic (exact) mass is 346 g/mol. The number of benzene rings is 2. The van der Waals surface area contributed by atoms with Gasteiger partial charge in [0.25, 0.3) is 10.0 Å². The van der Waals surface area contributed by atoms with Crippen LogP contribution in [0.5, 0.6) is 5.75 Å². The van der Waals surface area contributed by atoms with E-state index in [1.807, 2.05) is 13.8 Å². The first-order valence-corrected chi connectivity index (χ1v) is 8.98. The van der Waals surface area contributed by atoms with E-state index < -0.39 is 10.0 Å². The van der Waals surface area contributed by atoms with Crippen molar-refractivity contribution in [1.82, 2.24) is 4.98 Å². The zero-order chi connectivity index (χ0) is 17.3. The molecule has 3 rings (SSSR count). The van der Waals surface area contributed by atoms with Gasteiger partial charge in [-0.15, -0.1) is 0 Å². The molecule has 2 aromatic carbocycles. The lowest BCUT2D eigenvalue weighted by molar-refractivity contribution is 0.242. The Morgan fingerprint density at radius 2 is 1.83 bits per heavy atom. The summed E-state index contributed by atoms with van der Waals surface area (Å²) in [5.74, 6) is 1.18. The smallest absolute Gasteiger partial charge is 0.262 e. The average molecular weight is 346 g/mol. The highest BCUT2D eigenvalue weighted by Crippen LogP contribution is 2.23. The Labute approximate surface area is 140 Å². The predicted molar refractivity (Wildman–Crippen MR) is 91.8 cm³/mol. The Bertz CT molecular complexity index is 960. The van der Waals surface area contributed by atoms with Gasteiger partial charge in [0, 0.05) is 18.7 Å². The number of fused-ring (bicyclic) bond motifs is 1. The number of nitrogens with one attached hydrogen (secondary N) is 1. The molecule has 126 valence electrons. The van der Waals surface area contributed by atoms with Gasteiger partial charge in [-0.1, -0.05) is 0 Å². The first-order valence-electron chi connectivity index (χ1n) is 7.50. The lowest BCUT2D eigenvalue weighted by atomic mass is 10.3. The Balaban J connectivity index is 1.84. The summed E-state index contributed by atoms with van der Waals surface area (Å²) in [7, 11) is -3.71. The first-order chi connectivity index (χ1) is 11.3. The minimum absolute atomic E-state index is 0.0598. The fourth-order valence-electron chi connectivity index (χ4n) is 2.28. The van der Waals surface area contributed by atoms with Crippen molar-refractivity contribution in [3.63, 3.8) is 0 Å². The van der Waals surface area contributed by atoms with Crippen molar-refractivity contribution in [3.05, 3.63) is 48.4 Å². The molecule has 24 heavy (non-hydrogen) atoms. The average Bonchev–Trinajstić information content (AvgIpc) is 2.87. The largest absolute Gasteiger partial charge is 0.491 e. The summed E-state index contributed by atoms with van der Waals surface area (Å²) in [6.45, 7) is 5.57. The van der Waals surface area contributed by atoms with Gasteiger partial charge < -0.3 is 9.15 Å². The second-order valence-corrected chi connectivity index (χ2v) is 7.34. The number of ether oxygens (including phenoxy) is 1. The molecule has 1 heterocycles. The molecular weight excluding hydrogens is 328 g/mol. The molecule has 0 aliphatic rings. The molecule has 0 unspecified atom stereocenters.